The number of hydrogen-bond donors (Lipinski definition) is 1. The molecule has 0 spiro atoms. The fourth-order valence-electron chi connectivity index (χ4n) is 3.14. The van der Waals surface area contributed by atoms with E-state index in [1.54, 1.807) is 19.2 Å². The third-order valence-corrected chi connectivity index (χ3v) is 5.87. The molecule has 1 saturated heterocycles. The quantitative estimate of drug-likeness (QED) is 0.155. The summed E-state index contributed by atoms with van der Waals surface area (Å²) in [5, 5.41) is 14.1. The van der Waals surface area contributed by atoms with Gasteiger partial charge in [0.15, 0.2) is 5.96 Å². The summed E-state index contributed by atoms with van der Waals surface area (Å²) in [6, 6.07) is 17.1. The number of nitrogens with one attached hydrogen (secondary N) is 1. The highest BCUT2D eigenvalue weighted by Gasteiger charge is 2.24. The van der Waals surface area contributed by atoms with E-state index in [4.69, 9.17) is 0 Å². The number of nitro benzene ring substituents is 1. The molecule has 1 atom stereocenters. The molecule has 2 aromatic rings. The monoisotopic (exact) mass is 512 g/mol. The molecule has 8 heteroatoms. The summed E-state index contributed by atoms with van der Waals surface area (Å²) in [5.74, 6) is 2.65. The van der Waals surface area contributed by atoms with Crippen molar-refractivity contribution in [2.24, 2.45) is 10.9 Å². The van der Waals surface area contributed by atoms with Gasteiger partial charge in [-0.05, 0) is 30.0 Å². The molecule has 6 nitrogen and oxygen atoms in total. The number of halogens is 1. The van der Waals surface area contributed by atoms with Crippen LogP contribution in [0.2, 0.25) is 0 Å². The average molecular weight is 512 g/mol. The summed E-state index contributed by atoms with van der Waals surface area (Å²) in [6.07, 6.45) is 1.16. The minimum atomic E-state index is -0.381. The first-order valence-electron chi connectivity index (χ1n) is 9.02. The predicted molar refractivity (Wildman–Crippen MR) is 126 cm³/mol. The summed E-state index contributed by atoms with van der Waals surface area (Å²) >= 11 is 1.91. The van der Waals surface area contributed by atoms with E-state index < -0.39 is 0 Å². The SMILES string of the molecule is CN=C(NCc1ccc([N+](=O)[O-])cc1)N1CCC(CSc2ccccc2)C1.I. The Morgan fingerprint density at radius 2 is 1.96 bits per heavy atom. The molecule has 3 rings (SSSR count). The molecule has 0 radical (unpaired) electrons. The molecule has 28 heavy (non-hydrogen) atoms. The van der Waals surface area contributed by atoms with Gasteiger partial charge in [-0.15, -0.1) is 35.7 Å². The lowest BCUT2D eigenvalue weighted by Crippen LogP contribution is -2.39. The Hall–Kier alpha value is -1.81. The molecule has 0 bridgehead atoms. The molecular formula is C20H25IN4O2S. The molecule has 1 N–H and O–H groups in total. The Kier molecular flexibility index (Phi) is 9.04. The van der Waals surface area contributed by atoms with Crippen molar-refractivity contribution in [2.75, 3.05) is 25.9 Å². The maximum Gasteiger partial charge on any atom is 0.269 e. The first kappa shape index (κ1) is 22.5. The van der Waals surface area contributed by atoms with Gasteiger partial charge in [0.25, 0.3) is 5.69 Å². The summed E-state index contributed by atoms with van der Waals surface area (Å²) in [6.45, 7) is 2.60. The molecule has 2 aromatic carbocycles. The van der Waals surface area contributed by atoms with E-state index in [0.717, 1.165) is 36.8 Å². The van der Waals surface area contributed by atoms with Crippen LogP contribution in [0.5, 0.6) is 0 Å². The van der Waals surface area contributed by atoms with Gasteiger partial charge in [-0.1, -0.05) is 30.3 Å². The van der Waals surface area contributed by atoms with Crippen LogP contribution >= 0.6 is 35.7 Å². The van der Waals surface area contributed by atoms with Crippen molar-refractivity contribution in [3.05, 3.63) is 70.3 Å². The number of benzene rings is 2. The van der Waals surface area contributed by atoms with E-state index in [-0.39, 0.29) is 34.6 Å². The maximum atomic E-state index is 10.7. The normalized spacial score (nSPS) is 16.5. The summed E-state index contributed by atoms with van der Waals surface area (Å²) in [4.78, 5) is 18.4. The Morgan fingerprint density at radius 1 is 1.25 bits per heavy atom. The van der Waals surface area contributed by atoms with Gasteiger partial charge in [0.2, 0.25) is 0 Å². The smallest absolute Gasteiger partial charge is 0.269 e. The first-order valence-corrected chi connectivity index (χ1v) is 10.0. The Morgan fingerprint density at radius 3 is 2.61 bits per heavy atom. The van der Waals surface area contributed by atoms with Gasteiger partial charge in [-0.3, -0.25) is 15.1 Å². The van der Waals surface area contributed by atoms with Crippen molar-refractivity contribution in [1.82, 2.24) is 10.2 Å². The van der Waals surface area contributed by atoms with Crippen molar-refractivity contribution in [3.63, 3.8) is 0 Å². The molecule has 1 unspecified atom stereocenters. The van der Waals surface area contributed by atoms with Crippen LogP contribution in [0.1, 0.15) is 12.0 Å². The van der Waals surface area contributed by atoms with Crippen molar-refractivity contribution >= 4 is 47.4 Å². The highest BCUT2D eigenvalue weighted by atomic mass is 127. The lowest BCUT2D eigenvalue weighted by molar-refractivity contribution is -0.384. The number of rotatable bonds is 6. The molecule has 0 amide bonds. The van der Waals surface area contributed by atoms with Crippen LogP contribution in [0.4, 0.5) is 5.69 Å². The van der Waals surface area contributed by atoms with Crippen molar-refractivity contribution in [1.29, 1.82) is 0 Å². The lowest BCUT2D eigenvalue weighted by atomic mass is 10.2. The van der Waals surface area contributed by atoms with E-state index >= 15 is 0 Å². The molecule has 0 saturated carbocycles. The van der Waals surface area contributed by atoms with Gasteiger partial charge < -0.3 is 10.2 Å². The Labute approximate surface area is 187 Å². The molecule has 0 aromatic heterocycles. The minimum Gasteiger partial charge on any atom is -0.352 e. The highest BCUT2D eigenvalue weighted by molar-refractivity contribution is 14.0. The number of nitro groups is 1. The maximum absolute atomic E-state index is 10.7. The standard InChI is InChI=1S/C20H24N4O2S.HI/c1-21-20(22-13-16-7-9-18(10-8-16)24(25)26)23-12-11-17(14-23)15-27-19-5-3-2-4-6-19;/h2-10,17H,11-15H2,1H3,(H,21,22);1H. The average Bonchev–Trinajstić information content (AvgIpc) is 3.17. The summed E-state index contributed by atoms with van der Waals surface area (Å²) in [5.41, 5.74) is 1.11. The van der Waals surface area contributed by atoms with Crippen LogP contribution in [0, 0.1) is 16.0 Å². The van der Waals surface area contributed by atoms with Gasteiger partial charge >= 0.3 is 0 Å². The lowest BCUT2D eigenvalue weighted by Gasteiger charge is -2.21. The number of likely N-dealkylation sites (tertiary alicyclic amines) is 1. The number of thioether (sulfide) groups is 1. The van der Waals surface area contributed by atoms with Crippen LogP contribution in [0.15, 0.2) is 64.5 Å². The summed E-state index contributed by atoms with van der Waals surface area (Å²) < 4.78 is 0. The second-order valence-electron chi connectivity index (χ2n) is 6.55. The van der Waals surface area contributed by atoms with Crippen LogP contribution < -0.4 is 5.32 Å². The van der Waals surface area contributed by atoms with Crippen LogP contribution in [-0.4, -0.2) is 41.7 Å². The Bertz CT molecular complexity index is 787. The van der Waals surface area contributed by atoms with Crippen molar-refractivity contribution < 1.29 is 4.92 Å². The van der Waals surface area contributed by atoms with Gasteiger partial charge in [0, 0.05) is 49.5 Å². The zero-order chi connectivity index (χ0) is 19.1. The van der Waals surface area contributed by atoms with Crippen molar-refractivity contribution in [2.45, 2.75) is 17.9 Å². The predicted octanol–water partition coefficient (Wildman–Crippen LogP) is 4.40. The fourth-order valence-corrected chi connectivity index (χ4v) is 4.19. The zero-order valence-corrected chi connectivity index (χ0v) is 18.9. The van der Waals surface area contributed by atoms with E-state index in [1.807, 2.05) is 17.8 Å². The van der Waals surface area contributed by atoms with Crippen molar-refractivity contribution in [3.8, 4) is 0 Å². The molecule has 150 valence electrons. The second-order valence-corrected chi connectivity index (χ2v) is 7.64. The van der Waals surface area contributed by atoms with Gasteiger partial charge in [0.05, 0.1) is 4.92 Å². The van der Waals surface area contributed by atoms with E-state index in [2.05, 4.69) is 39.5 Å². The first-order chi connectivity index (χ1) is 13.2. The minimum absolute atomic E-state index is 0. The van der Waals surface area contributed by atoms with E-state index in [9.17, 15) is 10.1 Å². The molecule has 0 aliphatic carbocycles. The Balaban J connectivity index is 0.00000280. The van der Waals surface area contributed by atoms with Gasteiger partial charge in [-0.2, -0.15) is 0 Å². The largest absolute Gasteiger partial charge is 0.352 e. The molecule has 1 heterocycles. The topological polar surface area (TPSA) is 70.8 Å². The molecule has 1 fully saturated rings. The molecule has 1 aliphatic heterocycles. The van der Waals surface area contributed by atoms with Gasteiger partial charge in [0.1, 0.15) is 0 Å². The number of hydrogen-bond acceptors (Lipinski definition) is 4. The highest BCUT2D eigenvalue weighted by Crippen LogP contribution is 2.25. The number of guanidine groups is 1. The second kappa shape index (κ2) is 11.3. The molecular weight excluding hydrogens is 487 g/mol. The summed E-state index contributed by atoms with van der Waals surface area (Å²) in [7, 11) is 1.80. The van der Waals surface area contributed by atoms with E-state index in [0.29, 0.717) is 12.5 Å². The third kappa shape index (κ3) is 6.37. The zero-order valence-electron chi connectivity index (χ0n) is 15.8. The van der Waals surface area contributed by atoms with Crippen LogP contribution in [0.3, 0.4) is 0 Å². The third-order valence-electron chi connectivity index (χ3n) is 4.62. The van der Waals surface area contributed by atoms with Gasteiger partial charge in [-0.25, -0.2) is 0 Å². The number of nitrogens with zero attached hydrogens (tertiary/aromatic N) is 3. The number of non-ortho nitro benzene ring substituents is 1. The molecule has 1 aliphatic rings. The number of aliphatic imine (C=N–C) groups is 1. The van der Waals surface area contributed by atoms with E-state index in [1.165, 1.54) is 17.0 Å². The fraction of sp³-hybridized carbons (Fsp3) is 0.350. The van der Waals surface area contributed by atoms with Crippen LogP contribution in [0.25, 0.3) is 0 Å². The van der Waals surface area contributed by atoms with Crippen LogP contribution in [-0.2, 0) is 6.54 Å².